The fraction of sp³-hybridized carbons (Fsp3) is 0.211. The van der Waals surface area contributed by atoms with Crippen molar-refractivity contribution in [2.45, 2.75) is 12.5 Å². The fourth-order valence-electron chi connectivity index (χ4n) is 2.77. The Morgan fingerprint density at radius 1 is 1.33 bits per heavy atom. The molecule has 1 aliphatic heterocycles. The molecule has 5 nitrogen and oxygen atoms in total. The normalized spacial score (nSPS) is 16.1. The number of phenolic OH excluding ortho intramolecular Hbond substituents is 1. The van der Waals surface area contributed by atoms with E-state index in [1.807, 2.05) is 24.3 Å². The number of anilines is 1. The second kappa shape index (κ2) is 6.55. The predicted octanol–water partition coefficient (Wildman–Crippen LogP) is 2.37. The van der Waals surface area contributed by atoms with Crippen LogP contribution in [-0.2, 0) is 11.2 Å². The number of benzene rings is 2. The number of methoxy groups -OCH3 is 1. The molecule has 1 N–H and O–H groups in total. The van der Waals surface area contributed by atoms with Crippen molar-refractivity contribution < 1.29 is 19.4 Å². The number of amides is 1. The highest BCUT2D eigenvalue weighted by molar-refractivity contribution is 6.00. The molecule has 3 rings (SSSR count). The molecule has 1 aliphatic rings. The molecule has 24 heavy (non-hydrogen) atoms. The lowest BCUT2D eigenvalue weighted by Crippen LogP contribution is -2.47. The predicted molar refractivity (Wildman–Crippen MR) is 90.4 cm³/mol. The molecule has 122 valence electrons. The molecule has 2 aromatic carbocycles. The lowest BCUT2D eigenvalue weighted by molar-refractivity contribution is -0.126. The molecule has 0 fully saturated rings. The van der Waals surface area contributed by atoms with Crippen molar-refractivity contribution in [2.75, 3.05) is 18.6 Å². The summed E-state index contributed by atoms with van der Waals surface area (Å²) in [5, 5.41) is 9.68. The minimum absolute atomic E-state index is 0.0693. The molecule has 0 spiro atoms. The van der Waals surface area contributed by atoms with E-state index in [2.05, 4.69) is 5.92 Å². The average Bonchev–Trinajstić information content (AvgIpc) is 2.59. The van der Waals surface area contributed by atoms with Gasteiger partial charge in [0.05, 0.1) is 19.3 Å². The minimum atomic E-state index is -0.732. The molecular formula is C19H17NO4. The largest absolute Gasteiger partial charge is 0.508 e. The van der Waals surface area contributed by atoms with Crippen LogP contribution in [0, 0.1) is 12.3 Å². The van der Waals surface area contributed by atoms with Crippen LogP contribution in [0.5, 0.6) is 17.2 Å². The summed E-state index contributed by atoms with van der Waals surface area (Å²) >= 11 is 0. The van der Waals surface area contributed by atoms with Crippen LogP contribution in [0.4, 0.5) is 5.69 Å². The van der Waals surface area contributed by atoms with Crippen molar-refractivity contribution in [2.24, 2.45) is 0 Å². The smallest absolute Gasteiger partial charge is 0.269 e. The summed E-state index contributed by atoms with van der Waals surface area (Å²) in [6, 6.07) is 12.1. The number of phenols is 1. The second-order valence-electron chi connectivity index (χ2n) is 5.40. The van der Waals surface area contributed by atoms with Gasteiger partial charge in [-0.05, 0) is 23.8 Å². The zero-order valence-electron chi connectivity index (χ0n) is 13.2. The summed E-state index contributed by atoms with van der Waals surface area (Å²) in [5.74, 6) is 3.48. The molecular weight excluding hydrogens is 306 g/mol. The first-order valence-corrected chi connectivity index (χ1v) is 7.50. The zero-order valence-corrected chi connectivity index (χ0v) is 13.2. The number of rotatable bonds is 4. The number of para-hydroxylation sites is 1. The average molecular weight is 323 g/mol. The third kappa shape index (κ3) is 2.86. The Bertz CT molecular complexity index is 809. The Kier molecular flexibility index (Phi) is 4.30. The standard InChI is InChI=1S/C19H17NO4/c1-3-10-20-15-9-8-14(21)12-17(15)24-18(19(20)22)11-13-6-4-5-7-16(13)23-2/h1,4-9,12,18,21H,10-11H2,2H3. The van der Waals surface area contributed by atoms with Crippen LogP contribution in [0.25, 0.3) is 0 Å². The van der Waals surface area contributed by atoms with Crippen LogP contribution >= 0.6 is 0 Å². The van der Waals surface area contributed by atoms with Crippen LogP contribution < -0.4 is 14.4 Å². The van der Waals surface area contributed by atoms with E-state index >= 15 is 0 Å². The second-order valence-corrected chi connectivity index (χ2v) is 5.40. The summed E-state index contributed by atoms with van der Waals surface area (Å²) in [6.45, 7) is 0.141. The SMILES string of the molecule is C#CCN1C(=O)C(Cc2ccccc2OC)Oc2cc(O)ccc21. The Labute approximate surface area is 140 Å². The maximum Gasteiger partial charge on any atom is 0.269 e. The van der Waals surface area contributed by atoms with Crippen LogP contribution in [0.1, 0.15) is 5.56 Å². The topological polar surface area (TPSA) is 59.0 Å². The Morgan fingerprint density at radius 2 is 2.12 bits per heavy atom. The molecule has 0 saturated heterocycles. The minimum Gasteiger partial charge on any atom is -0.508 e. The summed E-state index contributed by atoms with van der Waals surface area (Å²) in [4.78, 5) is 14.3. The summed E-state index contributed by atoms with van der Waals surface area (Å²) in [7, 11) is 1.58. The number of terminal acetylenes is 1. The number of carbonyl (C=O) groups is 1. The maximum absolute atomic E-state index is 12.8. The lowest BCUT2D eigenvalue weighted by atomic mass is 10.0. The van der Waals surface area contributed by atoms with Gasteiger partial charge in [0.2, 0.25) is 0 Å². The molecule has 0 aliphatic carbocycles. The van der Waals surface area contributed by atoms with Gasteiger partial charge in [0.1, 0.15) is 17.2 Å². The van der Waals surface area contributed by atoms with E-state index in [4.69, 9.17) is 15.9 Å². The number of hydrogen-bond acceptors (Lipinski definition) is 4. The van der Waals surface area contributed by atoms with Gasteiger partial charge in [-0.3, -0.25) is 9.69 Å². The molecule has 0 saturated carbocycles. The third-order valence-electron chi connectivity index (χ3n) is 3.89. The summed E-state index contributed by atoms with van der Waals surface area (Å²) in [6.07, 6.45) is 5.01. The van der Waals surface area contributed by atoms with Crippen LogP contribution in [0.2, 0.25) is 0 Å². The van der Waals surface area contributed by atoms with Gasteiger partial charge in [0.25, 0.3) is 5.91 Å². The quantitative estimate of drug-likeness (QED) is 0.878. The Morgan fingerprint density at radius 3 is 2.88 bits per heavy atom. The molecule has 2 aromatic rings. The van der Waals surface area contributed by atoms with Gasteiger partial charge in [-0.2, -0.15) is 0 Å². The van der Waals surface area contributed by atoms with Gasteiger partial charge >= 0.3 is 0 Å². The van der Waals surface area contributed by atoms with E-state index in [-0.39, 0.29) is 18.2 Å². The van der Waals surface area contributed by atoms with Gasteiger partial charge in [0.15, 0.2) is 6.10 Å². The molecule has 1 unspecified atom stereocenters. The van der Waals surface area contributed by atoms with Gasteiger partial charge in [0, 0.05) is 12.5 Å². The fourth-order valence-corrected chi connectivity index (χ4v) is 2.77. The van der Waals surface area contributed by atoms with Crippen LogP contribution in [0.15, 0.2) is 42.5 Å². The Hall–Kier alpha value is -3.13. The molecule has 5 heteroatoms. The number of carbonyl (C=O) groups excluding carboxylic acids is 1. The van der Waals surface area contributed by atoms with Crippen molar-refractivity contribution in [3.8, 4) is 29.6 Å². The number of nitrogens with zero attached hydrogens (tertiary/aromatic N) is 1. The molecule has 0 bridgehead atoms. The number of fused-ring (bicyclic) bond motifs is 1. The van der Waals surface area contributed by atoms with E-state index in [1.54, 1.807) is 13.2 Å². The molecule has 1 heterocycles. The van der Waals surface area contributed by atoms with E-state index in [1.165, 1.54) is 17.0 Å². The number of ether oxygens (including phenoxy) is 2. The molecule has 0 radical (unpaired) electrons. The van der Waals surface area contributed by atoms with Gasteiger partial charge in [-0.25, -0.2) is 0 Å². The summed E-state index contributed by atoms with van der Waals surface area (Å²) < 4.78 is 11.2. The van der Waals surface area contributed by atoms with Gasteiger partial charge in [-0.15, -0.1) is 6.42 Å². The van der Waals surface area contributed by atoms with E-state index in [0.29, 0.717) is 23.6 Å². The van der Waals surface area contributed by atoms with Gasteiger partial charge in [-0.1, -0.05) is 24.1 Å². The van der Waals surface area contributed by atoms with Crippen molar-refractivity contribution in [3.63, 3.8) is 0 Å². The highest BCUT2D eigenvalue weighted by Gasteiger charge is 2.34. The third-order valence-corrected chi connectivity index (χ3v) is 3.89. The molecule has 0 aromatic heterocycles. The first-order chi connectivity index (χ1) is 11.6. The zero-order chi connectivity index (χ0) is 17.1. The van der Waals surface area contributed by atoms with Crippen LogP contribution in [0.3, 0.4) is 0 Å². The van der Waals surface area contributed by atoms with Crippen LogP contribution in [-0.4, -0.2) is 30.8 Å². The van der Waals surface area contributed by atoms with Crippen molar-refractivity contribution >= 4 is 11.6 Å². The maximum atomic E-state index is 12.8. The lowest BCUT2D eigenvalue weighted by Gasteiger charge is -2.33. The summed E-state index contributed by atoms with van der Waals surface area (Å²) in [5.41, 5.74) is 1.43. The van der Waals surface area contributed by atoms with E-state index in [0.717, 1.165) is 5.56 Å². The number of aromatic hydroxyl groups is 1. The van der Waals surface area contributed by atoms with Crippen molar-refractivity contribution in [1.82, 2.24) is 0 Å². The number of hydrogen-bond donors (Lipinski definition) is 1. The van der Waals surface area contributed by atoms with Crippen molar-refractivity contribution in [3.05, 3.63) is 48.0 Å². The Balaban J connectivity index is 1.95. The van der Waals surface area contributed by atoms with E-state index < -0.39 is 6.10 Å². The molecule has 1 amide bonds. The molecule has 1 atom stereocenters. The van der Waals surface area contributed by atoms with Gasteiger partial charge < -0.3 is 14.6 Å². The highest BCUT2D eigenvalue weighted by Crippen LogP contribution is 2.37. The monoisotopic (exact) mass is 323 g/mol. The first-order valence-electron chi connectivity index (χ1n) is 7.50. The highest BCUT2D eigenvalue weighted by atomic mass is 16.5. The van der Waals surface area contributed by atoms with E-state index in [9.17, 15) is 9.90 Å². The first kappa shape index (κ1) is 15.8. The van der Waals surface area contributed by atoms with Crippen molar-refractivity contribution in [1.29, 1.82) is 0 Å².